The fourth-order valence-electron chi connectivity index (χ4n) is 3.66. The van der Waals surface area contributed by atoms with Crippen LogP contribution in [0, 0.1) is 17.6 Å². The first-order valence-electron chi connectivity index (χ1n) is 9.14. The highest BCUT2D eigenvalue weighted by Crippen LogP contribution is 2.35. The molecular formula is C21H23F2NO3. The standard InChI is InChI=1S/C21H23F2NO3/c1-2-27-17-5-3-4-15(12-17)20(18-7-6-16(22)13-19(18)23)24-10-8-14(9-11-24)21(25)26/h3-7,12-14,20H,2,8-11H2,1H3,(H,25,26). The summed E-state index contributed by atoms with van der Waals surface area (Å²) in [5.41, 5.74) is 1.21. The third-order valence-corrected chi connectivity index (χ3v) is 4.99. The smallest absolute Gasteiger partial charge is 0.306 e. The van der Waals surface area contributed by atoms with Crippen LogP contribution >= 0.6 is 0 Å². The van der Waals surface area contributed by atoms with Gasteiger partial charge in [-0.1, -0.05) is 18.2 Å². The molecular weight excluding hydrogens is 352 g/mol. The number of carbonyl (C=O) groups is 1. The Morgan fingerprint density at radius 3 is 2.59 bits per heavy atom. The summed E-state index contributed by atoms with van der Waals surface area (Å²) in [6, 6.07) is 10.6. The van der Waals surface area contributed by atoms with E-state index in [1.807, 2.05) is 31.2 Å². The summed E-state index contributed by atoms with van der Waals surface area (Å²) in [5.74, 6) is -1.72. The van der Waals surface area contributed by atoms with Gasteiger partial charge in [0.05, 0.1) is 18.6 Å². The maximum Gasteiger partial charge on any atom is 0.306 e. The first-order valence-corrected chi connectivity index (χ1v) is 9.14. The molecule has 4 nitrogen and oxygen atoms in total. The fraction of sp³-hybridized carbons (Fsp3) is 0.381. The summed E-state index contributed by atoms with van der Waals surface area (Å²) >= 11 is 0. The van der Waals surface area contributed by atoms with Crippen LogP contribution < -0.4 is 4.74 Å². The molecule has 27 heavy (non-hydrogen) atoms. The molecule has 0 aliphatic carbocycles. The van der Waals surface area contributed by atoms with Gasteiger partial charge in [0.25, 0.3) is 0 Å². The first-order chi connectivity index (χ1) is 13.0. The van der Waals surface area contributed by atoms with Crippen molar-refractivity contribution >= 4 is 5.97 Å². The van der Waals surface area contributed by atoms with E-state index >= 15 is 0 Å². The number of aliphatic carboxylic acids is 1. The van der Waals surface area contributed by atoms with Crippen LogP contribution in [0.15, 0.2) is 42.5 Å². The molecule has 0 amide bonds. The number of halogens is 2. The van der Waals surface area contributed by atoms with E-state index in [1.54, 1.807) is 0 Å². The predicted octanol–water partition coefficient (Wildman–Crippen LogP) is 4.25. The Balaban J connectivity index is 1.97. The Labute approximate surface area is 157 Å². The van der Waals surface area contributed by atoms with Gasteiger partial charge in [-0.2, -0.15) is 0 Å². The number of hydrogen-bond donors (Lipinski definition) is 1. The molecule has 1 heterocycles. The molecule has 0 saturated carbocycles. The summed E-state index contributed by atoms with van der Waals surface area (Å²) in [6.45, 7) is 3.46. The molecule has 1 aliphatic heterocycles. The number of rotatable bonds is 6. The molecule has 0 spiro atoms. The van der Waals surface area contributed by atoms with Gasteiger partial charge in [-0.15, -0.1) is 0 Å². The molecule has 0 radical (unpaired) electrons. The lowest BCUT2D eigenvalue weighted by molar-refractivity contribution is -0.143. The molecule has 144 valence electrons. The van der Waals surface area contributed by atoms with E-state index in [9.17, 15) is 18.7 Å². The summed E-state index contributed by atoms with van der Waals surface area (Å²) in [4.78, 5) is 13.3. The van der Waals surface area contributed by atoms with Gasteiger partial charge in [-0.3, -0.25) is 9.69 Å². The first kappa shape index (κ1) is 19.3. The Bertz CT molecular complexity index is 804. The van der Waals surface area contributed by atoms with Crippen molar-refractivity contribution in [2.24, 2.45) is 5.92 Å². The van der Waals surface area contributed by atoms with Crippen molar-refractivity contribution in [1.29, 1.82) is 0 Å². The minimum atomic E-state index is -0.794. The maximum atomic E-state index is 14.6. The average Bonchev–Trinajstić information content (AvgIpc) is 2.65. The highest BCUT2D eigenvalue weighted by Gasteiger charge is 2.31. The van der Waals surface area contributed by atoms with Crippen LogP contribution in [0.25, 0.3) is 0 Å². The number of carboxylic acids is 1. The van der Waals surface area contributed by atoms with Gasteiger partial charge in [0.1, 0.15) is 17.4 Å². The van der Waals surface area contributed by atoms with Crippen molar-refractivity contribution in [2.75, 3.05) is 19.7 Å². The lowest BCUT2D eigenvalue weighted by Gasteiger charge is -2.37. The topological polar surface area (TPSA) is 49.8 Å². The van der Waals surface area contributed by atoms with Crippen molar-refractivity contribution < 1.29 is 23.4 Å². The van der Waals surface area contributed by atoms with E-state index in [1.165, 1.54) is 12.1 Å². The molecule has 3 rings (SSSR count). The predicted molar refractivity (Wildman–Crippen MR) is 97.7 cm³/mol. The van der Waals surface area contributed by atoms with Gasteiger partial charge >= 0.3 is 5.97 Å². The molecule has 0 bridgehead atoms. The van der Waals surface area contributed by atoms with Crippen LogP contribution in [0.1, 0.15) is 36.9 Å². The van der Waals surface area contributed by atoms with E-state index in [0.717, 1.165) is 11.6 Å². The Hall–Kier alpha value is -2.47. The molecule has 2 aromatic carbocycles. The van der Waals surface area contributed by atoms with E-state index < -0.39 is 23.6 Å². The van der Waals surface area contributed by atoms with Gasteiger partial charge < -0.3 is 9.84 Å². The lowest BCUT2D eigenvalue weighted by Crippen LogP contribution is -2.39. The highest BCUT2D eigenvalue weighted by molar-refractivity contribution is 5.70. The number of nitrogens with zero attached hydrogens (tertiary/aromatic N) is 1. The molecule has 1 fully saturated rings. The molecule has 0 aromatic heterocycles. The SMILES string of the molecule is CCOc1cccc(C(c2ccc(F)cc2F)N2CCC(C(=O)O)CC2)c1. The number of piperidine rings is 1. The van der Waals surface area contributed by atoms with Crippen molar-refractivity contribution in [3.05, 3.63) is 65.2 Å². The van der Waals surface area contributed by atoms with Crippen LogP contribution in [0.4, 0.5) is 8.78 Å². The number of ether oxygens (including phenoxy) is 1. The number of hydrogen-bond acceptors (Lipinski definition) is 3. The van der Waals surface area contributed by atoms with Gasteiger partial charge in [-0.05, 0) is 56.6 Å². The zero-order valence-electron chi connectivity index (χ0n) is 15.2. The third-order valence-electron chi connectivity index (χ3n) is 4.99. The molecule has 1 unspecified atom stereocenters. The molecule has 1 atom stereocenters. The van der Waals surface area contributed by atoms with E-state index in [-0.39, 0.29) is 5.92 Å². The molecule has 1 N–H and O–H groups in total. The maximum absolute atomic E-state index is 14.6. The summed E-state index contributed by atoms with van der Waals surface area (Å²) < 4.78 is 33.6. The van der Waals surface area contributed by atoms with E-state index in [4.69, 9.17) is 4.74 Å². The highest BCUT2D eigenvalue weighted by atomic mass is 19.1. The van der Waals surface area contributed by atoms with Gasteiger partial charge in [0.2, 0.25) is 0 Å². The number of likely N-dealkylation sites (tertiary alicyclic amines) is 1. The van der Waals surface area contributed by atoms with Crippen LogP contribution in [-0.2, 0) is 4.79 Å². The van der Waals surface area contributed by atoms with Crippen molar-refractivity contribution in [3.63, 3.8) is 0 Å². The molecule has 2 aromatic rings. The van der Waals surface area contributed by atoms with E-state index in [0.29, 0.717) is 43.9 Å². The van der Waals surface area contributed by atoms with Crippen LogP contribution in [0.2, 0.25) is 0 Å². The quantitative estimate of drug-likeness (QED) is 0.820. The fourth-order valence-corrected chi connectivity index (χ4v) is 3.66. The zero-order valence-corrected chi connectivity index (χ0v) is 15.2. The minimum absolute atomic E-state index is 0.374. The minimum Gasteiger partial charge on any atom is -0.494 e. The van der Waals surface area contributed by atoms with Crippen LogP contribution in [0.3, 0.4) is 0 Å². The van der Waals surface area contributed by atoms with Crippen LogP contribution in [-0.4, -0.2) is 35.7 Å². The van der Waals surface area contributed by atoms with Crippen molar-refractivity contribution in [3.8, 4) is 5.75 Å². The van der Waals surface area contributed by atoms with Crippen molar-refractivity contribution in [2.45, 2.75) is 25.8 Å². The van der Waals surface area contributed by atoms with Gasteiger partial charge in [0.15, 0.2) is 0 Å². The normalized spacial score (nSPS) is 16.9. The summed E-state index contributed by atoms with van der Waals surface area (Å²) in [5, 5.41) is 9.23. The second-order valence-electron chi connectivity index (χ2n) is 6.72. The Kier molecular flexibility index (Phi) is 6.06. The summed E-state index contributed by atoms with van der Waals surface area (Å²) in [6.07, 6.45) is 1.000. The Morgan fingerprint density at radius 2 is 1.96 bits per heavy atom. The van der Waals surface area contributed by atoms with Crippen LogP contribution in [0.5, 0.6) is 5.75 Å². The largest absolute Gasteiger partial charge is 0.494 e. The third kappa shape index (κ3) is 4.45. The molecule has 6 heteroatoms. The van der Waals surface area contributed by atoms with Gasteiger partial charge in [-0.25, -0.2) is 8.78 Å². The average molecular weight is 375 g/mol. The molecule has 1 aliphatic rings. The Morgan fingerprint density at radius 1 is 1.22 bits per heavy atom. The zero-order chi connectivity index (χ0) is 19.4. The van der Waals surface area contributed by atoms with Gasteiger partial charge in [0, 0.05) is 11.6 Å². The molecule has 1 saturated heterocycles. The second kappa shape index (κ2) is 8.48. The lowest BCUT2D eigenvalue weighted by atomic mass is 9.91. The number of carboxylic acid groups (broad SMARTS) is 1. The van der Waals surface area contributed by atoms with E-state index in [2.05, 4.69) is 4.90 Å². The number of benzene rings is 2. The monoisotopic (exact) mass is 375 g/mol. The summed E-state index contributed by atoms with van der Waals surface area (Å²) in [7, 11) is 0. The second-order valence-corrected chi connectivity index (χ2v) is 6.72. The van der Waals surface area contributed by atoms with Crippen molar-refractivity contribution in [1.82, 2.24) is 4.90 Å².